The van der Waals surface area contributed by atoms with E-state index in [1.165, 1.54) is 0 Å². The number of para-hydroxylation sites is 1. The number of halogens is 2. The van der Waals surface area contributed by atoms with Gasteiger partial charge >= 0.3 is 0 Å². The van der Waals surface area contributed by atoms with E-state index in [1.807, 2.05) is 0 Å². The SMILES string of the molecule is Cc1[nH]c2ccccc2c1C(=O)C(C#N)C(=O)c1ccc(F)c(F)c1. The minimum Gasteiger partial charge on any atom is -0.358 e. The maximum atomic E-state index is 13.4. The first kappa shape index (κ1) is 16.5. The topological polar surface area (TPSA) is 73.7 Å². The molecule has 0 bridgehead atoms. The summed E-state index contributed by atoms with van der Waals surface area (Å²) in [4.78, 5) is 28.3. The largest absolute Gasteiger partial charge is 0.358 e. The Hall–Kier alpha value is -3.33. The summed E-state index contributed by atoms with van der Waals surface area (Å²) in [5.74, 6) is -5.49. The monoisotopic (exact) mass is 338 g/mol. The summed E-state index contributed by atoms with van der Waals surface area (Å²) in [5.41, 5.74) is 1.26. The molecule has 0 aliphatic heterocycles. The number of aromatic nitrogens is 1. The molecule has 1 N–H and O–H groups in total. The van der Waals surface area contributed by atoms with Gasteiger partial charge in [-0.3, -0.25) is 9.59 Å². The molecule has 0 amide bonds. The van der Waals surface area contributed by atoms with E-state index in [4.69, 9.17) is 0 Å². The van der Waals surface area contributed by atoms with Gasteiger partial charge in [-0.1, -0.05) is 18.2 Å². The summed E-state index contributed by atoms with van der Waals surface area (Å²) in [6.45, 7) is 1.67. The van der Waals surface area contributed by atoms with Gasteiger partial charge in [-0.25, -0.2) is 8.78 Å². The van der Waals surface area contributed by atoms with Crippen LogP contribution in [0.1, 0.15) is 26.4 Å². The van der Waals surface area contributed by atoms with Crippen molar-refractivity contribution in [1.29, 1.82) is 5.26 Å². The summed E-state index contributed by atoms with van der Waals surface area (Å²) < 4.78 is 26.4. The van der Waals surface area contributed by atoms with E-state index in [2.05, 4.69) is 4.98 Å². The smallest absolute Gasteiger partial charge is 0.190 e. The number of rotatable bonds is 4. The maximum Gasteiger partial charge on any atom is 0.190 e. The number of benzene rings is 2. The first-order valence-corrected chi connectivity index (χ1v) is 7.44. The highest BCUT2D eigenvalue weighted by Gasteiger charge is 2.31. The van der Waals surface area contributed by atoms with Crippen molar-refractivity contribution in [2.45, 2.75) is 6.92 Å². The zero-order valence-electron chi connectivity index (χ0n) is 13.1. The number of hydrogen-bond acceptors (Lipinski definition) is 3. The number of fused-ring (bicyclic) bond motifs is 1. The minimum absolute atomic E-state index is 0.226. The van der Waals surface area contributed by atoms with Gasteiger partial charge < -0.3 is 4.98 Å². The van der Waals surface area contributed by atoms with E-state index in [0.29, 0.717) is 22.7 Å². The fourth-order valence-corrected chi connectivity index (χ4v) is 2.79. The van der Waals surface area contributed by atoms with Crippen molar-refractivity contribution in [1.82, 2.24) is 4.98 Å². The first-order chi connectivity index (χ1) is 11.9. The molecule has 25 heavy (non-hydrogen) atoms. The second-order valence-electron chi connectivity index (χ2n) is 5.59. The third kappa shape index (κ3) is 2.81. The molecule has 0 fully saturated rings. The van der Waals surface area contributed by atoms with Crippen LogP contribution < -0.4 is 0 Å². The Balaban J connectivity index is 2.04. The van der Waals surface area contributed by atoms with Crippen LogP contribution in [-0.4, -0.2) is 16.6 Å². The predicted octanol–water partition coefficient (Wildman–Crippen LogP) is 3.96. The fourth-order valence-electron chi connectivity index (χ4n) is 2.79. The van der Waals surface area contributed by atoms with E-state index in [0.717, 1.165) is 12.1 Å². The van der Waals surface area contributed by atoms with Crippen LogP contribution in [0.5, 0.6) is 0 Å². The predicted molar refractivity (Wildman–Crippen MR) is 87.2 cm³/mol. The van der Waals surface area contributed by atoms with Gasteiger partial charge in [0.1, 0.15) is 0 Å². The summed E-state index contributed by atoms with van der Waals surface area (Å²) in [7, 11) is 0. The van der Waals surface area contributed by atoms with Crippen LogP contribution in [0.25, 0.3) is 10.9 Å². The molecule has 6 heteroatoms. The van der Waals surface area contributed by atoms with Gasteiger partial charge in [-0.2, -0.15) is 5.26 Å². The number of carbonyl (C=O) groups excluding carboxylic acids is 2. The summed E-state index contributed by atoms with van der Waals surface area (Å²) in [5, 5.41) is 9.94. The number of aryl methyl sites for hydroxylation is 1. The molecule has 0 aliphatic rings. The molecule has 0 spiro atoms. The lowest BCUT2D eigenvalue weighted by Crippen LogP contribution is -2.23. The average molecular weight is 338 g/mol. The van der Waals surface area contributed by atoms with Gasteiger partial charge in [-0.15, -0.1) is 0 Å². The van der Waals surface area contributed by atoms with Gasteiger partial charge in [0.05, 0.1) is 6.07 Å². The third-order valence-electron chi connectivity index (χ3n) is 4.00. The van der Waals surface area contributed by atoms with Crippen LogP contribution in [0.3, 0.4) is 0 Å². The van der Waals surface area contributed by atoms with Crippen LogP contribution in [0.15, 0.2) is 42.5 Å². The molecule has 0 radical (unpaired) electrons. The number of carbonyl (C=O) groups is 2. The molecule has 0 saturated carbocycles. The Bertz CT molecular complexity index is 1050. The number of nitrogens with one attached hydrogen (secondary N) is 1. The Morgan fingerprint density at radius 1 is 1.08 bits per heavy atom. The Morgan fingerprint density at radius 2 is 1.80 bits per heavy atom. The molecule has 1 unspecified atom stereocenters. The van der Waals surface area contributed by atoms with Crippen LogP contribution in [0.4, 0.5) is 8.78 Å². The molecule has 1 aromatic heterocycles. The minimum atomic E-state index is -1.64. The molecule has 4 nitrogen and oxygen atoms in total. The van der Waals surface area contributed by atoms with Crippen LogP contribution in [0, 0.1) is 35.8 Å². The van der Waals surface area contributed by atoms with E-state index in [-0.39, 0.29) is 11.1 Å². The average Bonchev–Trinajstić information content (AvgIpc) is 2.93. The van der Waals surface area contributed by atoms with Crippen molar-refractivity contribution >= 4 is 22.5 Å². The molecule has 124 valence electrons. The Kier molecular flexibility index (Phi) is 4.15. The summed E-state index contributed by atoms with van der Waals surface area (Å²) in [6.07, 6.45) is 0. The second-order valence-corrected chi connectivity index (χ2v) is 5.59. The molecule has 2 aromatic carbocycles. The van der Waals surface area contributed by atoms with Crippen molar-refractivity contribution in [3.8, 4) is 6.07 Å². The van der Waals surface area contributed by atoms with Crippen molar-refractivity contribution < 1.29 is 18.4 Å². The second kappa shape index (κ2) is 6.29. The van der Waals surface area contributed by atoms with E-state index in [9.17, 15) is 23.6 Å². The van der Waals surface area contributed by atoms with Crippen molar-refractivity contribution in [3.63, 3.8) is 0 Å². The molecule has 0 aliphatic carbocycles. The summed E-state index contributed by atoms with van der Waals surface area (Å²) >= 11 is 0. The number of aromatic amines is 1. The van der Waals surface area contributed by atoms with E-state index < -0.39 is 29.1 Å². The number of ketones is 2. The number of H-pyrrole nitrogens is 1. The maximum absolute atomic E-state index is 13.4. The highest BCUT2D eigenvalue weighted by molar-refractivity contribution is 6.22. The van der Waals surface area contributed by atoms with Crippen LogP contribution in [-0.2, 0) is 0 Å². The van der Waals surface area contributed by atoms with Gasteiger partial charge in [0, 0.05) is 27.7 Å². The normalized spacial score (nSPS) is 11.9. The third-order valence-corrected chi connectivity index (χ3v) is 4.00. The standard InChI is InChI=1S/C19H12F2N2O2/c1-10-17(12-4-2-3-5-16(12)23-10)19(25)13(9-22)18(24)11-6-7-14(20)15(21)8-11/h2-8,13,23H,1H3. The molecule has 1 atom stereocenters. The zero-order chi connectivity index (χ0) is 18.1. The lowest BCUT2D eigenvalue weighted by Gasteiger charge is -2.08. The number of nitriles is 1. The summed E-state index contributed by atoms with van der Waals surface area (Å²) in [6, 6.07) is 11.2. The molecule has 3 aromatic rings. The lowest BCUT2D eigenvalue weighted by molar-refractivity contribution is 0.0846. The Labute approximate surface area is 141 Å². The molecular weight excluding hydrogens is 326 g/mol. The van der Waals surface area contributed by atoms with Crippen LogP contribution in [0.2, 0.25) is 0 Å². The lowest BCUT2D eigenvalue weighted by atomic mass is 9.90. The number of Topliss-reactive ketones (excluding diaryl/α,β-unsaturated/α-hetero) is 2. The van der Waals surface area contributed by atoms with E-state index in [1.54, 1.807) is 37.3 Å². The van der Waals surface area contributed by atoms with Crippen LogP contribution >= 0.6 is 0 Å². The van der Waals surface area contributed by atoms with Crippen molar-refractivity contribution in [2.24, 2.45) is 5.92 Å². The molecule has 0 saturated heterocycles. The Morgan fingerprint density at radius 3 is 2.48 bits per heavy atom. The first-order valence-electron chi connectivity index (χ1n) is 7.44. The molecule has 3 rings (SSSR count). The highest BCUT2D eigenvalue weighted by Crippen LogP contribution is 2.26. The fraction of sp³-hybridized carbons (Fsp3) is 0.105. The quantitative estimate of drug-likeness (QED) is 0.578. The highest BCUT2D eigenvalue weighted by atomic mass is 19.2. The van der Waals surface area contributed by atoms with E-state index >= 15 is 0 Å². The van der Waals surface area contributed by atoms with Gasteiger partial charge in [0.25, 0.3) is 0 Å². The van der Waals surface area contributed by atoms with Crippen molar-refractivity contribution in [3.05, 3.63) is 70.9 Å². The number of hydrogen-bond donors (Lipinski definition) is 1. The van der Waals surface area contributed by atoms with Crippen molar-refractivity contribution in [2.75, 3.05) is 0 Å². The zero-order valence-corrected chi connectivity index (χ0v) is 13.1. The molecular formula is C19H12F2N2O2. The molecule has 1 heterocycles. The van der Waals surface area contributed by atoms with Gasteiger partial charge in [-0.05, 0) is 31.2 Å². The number of nitrogens with zero attached hydrogens (tertiary/aromatic N) is 1. The van der Waals surface area contributed by atoms with Gasteiger partial charge in [0.2, 0.25) is 0 Å². The van der Waals surface area contributed by atoms with Gasteiger partial charge in [0.15, 0.2) is 29.1 Å².